The monoisotopic (exact) mass is 427 g/mol. The maximum Gasteiger partial charge on any atom is 0.338 e. The van der Waals surface area contributed by atoms with Gasteiger partial charge in [0.15, 0.2) is 18.1 Å². The van der Waals surface area contributed by atoms with Gasteiger partial charge in [-0.1, -0.05) is 0 Å². The summed E-state index contributed by atoms with van der Waals surface area (Å²) in [6, 6.07) is 11.7. The Morgan fingerprint density at radius 3 is 2.55 bits per heavy atom. The number of hydrogen-bond donors (Lipinski definition) is 1. The van der Waals surface area contributed by atoms with Crippen LogP contribution in [0.3, 0.4) is 0 Å². The molecule has 0 bridgehead atoms. The number of anilines is 1. The zero-order valence-corrected chi connectivity index (χ0v) is 17.1. The fraction of sp³-hybridized carbons (Fsp3) is 0.391. The van der Waals surface area contributed by atoms with Crippen molar-refractivity contribution in [2.45, 2.75) is 25.4 Å². The van der Waals surface area contributed by atoms with Crippen molar-refractivity contribution < 1.29 is 33.3 Å². The Morgan fingerprint density at radius 2 is 1.77 bits per heavy atom. The summed E-state index contributed by atoms with van der Waals surface area (Å²) >= 11 is 0. The number of fused-ring (bicyclic) bond motifs is 1. The highest BCUT2D eigenvalue weighted by atomic mass is 16.5. The van der Waals surface area contributed by atoms with Gasteiger partial charge in [0.1, 0.15) is 12.4 Å². The molecule has 0 aliphatic carbocycles. The van der Waals surface area contributed by atoms with E-state index in [4.69, 9.17) is 23.7 Å². The van der Waals surface area contributed by atoms with Crippen LogP contribution < -0.4 is 19.5 Å². The molecule has 0 saturated carbocycles. The summed E-state index contributed by atoms with van der Waals surface area (Å²) in [5.74, 6) is 0.845. The number of esters is 1. The Labute approximate surface area is 180 Å². The second-order valence-corrected chi connectivity index (χ2v) is 7.31. The molecule has 8 nitrogen and oxygen atoms in total. The number of hydrogen-bond acceptors (Lipinski definition) is 7. The molecule has 0 unspecified atom stereocenters. The molecule has 4 rings (SSSR count). The minimum absolute atomic E-state index is 0.127. The van der Waals surface area contributed by atoms with Gasteiger partial charge in [0, 0.05) is 24.8 Å². The molecular weight excluding hydrogens is 402 g/mol. The smallest absolute Gasteiger partial charge is 0.338 e. The van der Waals surface area contributed by atoms with E-state index >= 15 is 0 Å². The molecule has 1 fully saturated rings. The molecule has 2 heterocycles. The lowest BCUT2D eigenvalue weighted by Crippen LogP contribution is -2.21. The second kappa shape index (κ2) is 10.2. The van der Waals surface area contributed by atoms with Gasteiger partial charge in [-0.15, -0.1) is 0 Å². The average molecular weight is 427 g/mol. The maximum absolute atomic E-state index is 12.2. The van der Waals surface area contributed by atoms with E-state index in [0.29, 0.717) is 48.3 Å². The van der Waals surface area contributed by atoms with Gasteiger partial charge >= 0.3 is 5.97 Å². The molecule has 0 spiro atoms. The third-order valence-corrected chi connectivity index (χ3v) is 4.92. The first kappa shape index (κ1) is 21.0. The topological polar surface area (TPSA) is 92.3 Å². The highest BCUT2D eigenvalue weighted by Gasteiger charge is 2.17. The minimum Gasteiger partial charge on any atom is -0.491 e. The molecular formula is C23H25NO7. The Balaban J connectivity index is 1.23. The van der Waals surface area contributed by atoms with E-state index in [2.05, 4.69) is 5.32 Å². The van der Waals surface area contributed by atoms with Crippen LogP contribution in [0.1, 0.15) is 29.6 Å². The van der Waals surface area contributed by atoms with Crippen molar-refractivity contribution in [2.75, 3.05) is 38.4 Å². The first-order chi connectivity index (χ1) is 15.2. The van der Waals surface area contributed by atoms with Gasteiger partial charge in [0.2, 0.25) is 0 Å². The predicted octanol–water partition coefficient (Wildman–Crippen LogP) is 3.20. The van der Waals surface area contributed by atoms with Crippen molar-refractivity contribution in [3.8, 4) is 17.2 Å². The third kappa shape index (κ3) is 5.88. The van der Waals surface area contributed by atoms with Crippen LogP contribution in [0.15, 0.2) is 42.5 Å². The minimum atomic E-state index is -0.584. The largest absolute Gasteiger partial charge is 0.491 e. The van der Waals surface area contributed by atoms with Crippen LogP contribution in [-0.2, 0) is 14.3 Å². The van der Waals surface area contributed by atoms with Crippen LogP contribution in [-0.4, -0.2) is 51.0 Å². The van der Waals surface area contributed by atoms with Crippen molar-refractivity contribution in [2.24, 2.45) is 0 Å². The van der Waals surface area contributed by atoms with Crippen molar-refractivity contribution in [1.82, 2.24) is 0 Å². The molecule has 1 N–H and O–H groups in total. The van der Waals surface area contributed by atoms with Crippen LogP contribution >= 0.6 is 0 Å². The number of amides is 1. The molecule has 1 amide bonds. The molecule has 1 atom stereocenters. The predicted molar refractivity (Wildman–Crippen MR) is 112 cm³/mol. The van der Waals surface area contributed by atoms with Gasteiger partial charge in [-0.3, -0.25) is 4.79 Å². The summed E-state index contributed by atoms with van der Waals surface area (Å²) in [6.45, 7) is 2.02. The quantitative estimate of drug-likeness (QED) is 0.679. The summed E-state index contributed by atoms with van der Waals surface area (Å²) in [7, 11) is 0. The van der Waals surface area contributed by atoms with Crippen molar-refractivity contribution >= 4 is 17.6 Å². The van der Waals surface area contributed by atoms with Crippen molar-refractivity contribution in [3.05, 3.63) is 48.0 Å². The lowest BCUT2D eigenvalue weighted by Gasteiger charge is -2.12. The Bertz CT molecular complexity index is 907. The molecule has 31 heavy (non-hydrogen) atoms. The van der Waals surface area contributed by atoms with Crippen LogP contribution in [0.25, 0.3) is 0 Å². The van der Waals surface area contributed by atoms with E-state index in [9.17, 15) is 9.59 Å². The van der Waals surface area contributed by atoms with E-state index in [1.165, 1.54) is 0 Å². The van der Waals surface area contributed by atoms with Crippen molar-refractivity contribution in [1.29, 1.82) is 0 Å². The molecule has 2 aromatic rings. The number of nitrogens with one attached hydrogen (secondary N) is 1. The number of benzene rings is 2. The zero-order chi connectivity index (χ0) is 21.5. The third-order valence-electron chi connectivity index (χ3n) is 4.92. The summed E-state index contributed by atoms with van der Waals surface area (Å²) in [5, 5.41) is 2.69. The van der Waals surface area contributed by atoms with E-state index < -0.39 is 18.5 Å². The molecule has 2 aliphatic heterocycles. The van der Waals surface area contributed by atoms with E-state index in [1.54, 1.807) is 42.5 Å². The number of carbonyl (C=O) groups is 2. The second-order valence-electron chi connectivity index (χ2n) is 7.31. The van der Waals surface area contributed by atoms with Crippen LogP contribution in [0, 0.1) is 0 Å². The SMILES string of the molecule is O=C(COC(=O)c1ccc(OC[C@H]2CCCO2)cc1)Nc1ccc2c(c1)OCCCO2. The standard InChI is InChI=1S/C23H25NO7/c25-22(24-17-6-9-20-21(13-17)29-12-2-11-28-20)15-31-23(26)16-4-7-18(8-5-16)30-14-19-3-1-10-27-19/h4-9,13,19H,1-3,10-12,14-15H2,(H,24,25)/t19-/m1/s1. The van der Waals surface area contributed by atoms with Gasteiger partial charge in [0.05, 0.1) is 24.9 Å². The summed E-state index contributed by atoms with van der Waals surface area (Å²) in [6.07, 6.45) is 2.98. The molecule has 0 aromatic heterocycles. The Kier molecular flexibility index (Phi) is 6.89. The van der Waals surface area contributed by atoms with E-state index in [1.807, 2.05) is 0 Å². The number of rotatable bonds is 7. The highest BCUT2D eigenvalue weighted by molar-refractivity contribution is 5.95. The first-order valence-electron chi connectivity index (χ1n) is 10.4. The van der Waals surface area contributed by atoms with Gasteiger partial charge < -0.3 is 29.0 Å². The number of carbonyl (C=O) groups excluding carboxylic acids is 2. The molecule has 2 aromatic carbocycles. The molecule has 1 saturated heterocycles. The van der Waals surface area contributed by atoms with Crippen LogP contribution in [0.5, 0.6) is 17.2 Å². The Morgan fingerprint density at radius 1 is 0.968 bits per heavy atom. The average Bonchev–Trinajstić information content (AvgIpc) is 3.20. The highest BCUT2D eigenvalue weighted by Crippen LogP contribution is 2.32. The van der Waals surface area contributed by atoms with Crippen LogP contribution in [0.2, 0.25) is 0 Å². The molecule has 164 valence electrons. The van der Waals surface area contributed by atoms with Gasteiger partial charge in [-0.05, 0) is 49.2 Å². The van der Waals surface area contributed by atoms with E-state index in [0.717, 1.165) is 25.9 Å². The lowest BCUT2D eigenvalue weighted by molar-refractivity contribution is -0.119. The maximum atomic E-state index is 12.2. The molecule has 0 radical (unpaired) electrons. The zero-order valence-electron chi connectivity index (χ0n) is 17.1. The fourth-order valence-electron chi connectivity index (χ4n) is 3.30. The summed E-state index contributed by atoms with van der Waals surface area (Å²) < 4.78 is 27.5. The van der Waals surface area contributed by atoms with Gasteiger partial charge in [0.25, 0.3) is 5.91 Å². The summed E-state index contributed by atoms with van der Waals surface area (Å²) in [4.78, 5) is 24.4. The normalized spacial score (nSPS) is 17.5. The van der Waals surface area contributed by atoms with Gasteiger partial charge in [-0.25, -0.2) is 4.79 Å². The van der Waals surface area contributed by atoms with E-state index in [-0.39, 0.29) is 6.10 Å². The fourth-order valence-corrected chi connectivity index (χ4v) is 3.30. The van der Waals surface area contributed by atoms with Gasteiger partial charge in [-0.2, -0.15) is 0 Å². The molecule has 2 aliphatic rings. The number of ether oxygens (including phenoxy) is 5. The first-order valence-corrected chi connectivity index (χ1v) is 10.4. The van der Waals surface area contributed by atoms with Crippen molar-refractivity contribution in [3.63, 3.8) is 0 Å². The Hall–Kier alpha value is -3.26. The molecule has 8 heteroatoms. The van der Waals surface area contributed by atoms with Crippen LogP contribution in [0.4, 0.5) is 5.69 Å². The summed E-state index contributed by atoms with van der Waals surface area (Å²) in [5.41, 5.74) is 0.880. The lowest BCUT2D eigenvalue weighted by atomic mass is 10.2.